The summed E-state index contributed by atoms with van der Waals surface area (Å²) in [5, 5.41) is 8.80. The van der Waals surface area contributed by atoms with Gasteiger partial charge in [0.15, 0.2) is 0 Å². The number of aliphatic hydroxyl groups is 1. The maximum atomic E-state index is 8.80. The van der Waals surface area contributed by atoms with Gasteiger partial charge < -0.3 is 10.0 Å². The van der Waals surface area contributed by atoms with Crippen molar-refractivity contribution in [2.75, 3.05) is 20.2 Å². The third-order valence-corrected chi connectivity index (χ3v) is 2.35. The fraction of sp³-hybridized carbons (Fsp3) is 0.636. The van der Waals surface area contributed by atoms with Crippen molar-refractivity contribution in [3.05, 3.63) is 23.9 Å². The Kier molecular flexibility index (Phi) is 3.15. The summed E-state index contributed by atoms with van der Waals surface area (Å²) in [6.45, 7) is 5.36. The first-order valence-electron chi connectivity index (χ1n) is 4.76. The molecule has 1 N–H and O–H groups in total. The molecule has 0 bridgehead atoms. The Labute approximate surface area is 80.6 Å². The van der Waals surface area contributed by atoms with E-state index >= 15 is 0 Å². The van der Waals surface area contributed by atoms with E-state index in [0.29, 0.717) is 6.54 Å². The fourth-order valence-electron chi connectivity index (χ4n) is 1.51. The number of likely N-dealkylation sites (N-methyl/N-ethyl adjacent to an activating group) is 1. The van der Waals surface area contributed by atoms with Crippen LogP contribution in [0.2, 0.25) is 0 Å². The second-order valence-electron chi connectivity index (χ2n) is 4.31. The van der Waals surface area contributed by atoms with E-state index in [-0.39, 0.29) is 12.0 Å². The fourth-order valence-corrected chi connectivity index (χ4v) is 1.51. The molecule has 1 aliphatic rings. The summed E-state index contributed by atoms with van der Waals surface area (Å²) in [6, 6.07) is 0. The number of hydrogen-bond donors (Lipinski definition) is 1. The van der Waals surface area contributed by atoms with E-state index in [4.69, 9.17) is 5.11 Å². The van der Waals surface area contributed by atoms with Crippen LogP contribution in [0.1, 0.15) is 20.3 Å². The topological polar surface area (TPSA) is 23.5 Å². The molecule has 74 valence electrons. The molecule has 0 aromatic heterocycles. The lowest BCUT2D eigenvalue weighted by atomic mass is 9.85. The van der Waals surface area contributed by atoms with Gasteiger partial charge in [-0.2, -0.15) is 0 Å². The summed E-state index contributed by atoms with van der Waals surface area (Å²) in [6.07, 6.45) is 7.69. The molecule has 0 atom stereocenters. The molecule has 0 radical (unpaired) electrons. The average molecular weight is 181 g/mol. The van der Waals surface area contributed by atoms with Crippen molar-refractivity contribution in [2.24, 2.45) is 5.41 Å². The minimum absolute atomic E-state index is 0.210. The highest BCUT2D eigenvalue weighted by Crippen LogP contribution is 2.29. The molecule has 0 saturated heterocycles. The third kappa shape index (κ3) is 2.88. The van der Waals surface area contributed by atoms with Gasteiger partial charge in [-0.3, -0.25) is 0 Å². The van der Waals surface area contributed by atoms with Gasteiger partial charge in [0.25, 0.3) is 0 Å². The molecule has 2 heteroatoms. The van der Waals surface area contributed by atoms with Crippen molar-refractivity contribution in [3.8, 4) is 0 Å². The second kappa shape index (κ2) is 3.97. The zero-order valence-electron chi connectivity index (χ0n) is 8.75. The van der Waals surface area contributed by atoms with Gasteiger partial charge in [0.05, 0.1) is 6.61 Å². The summed E-state index contributed by atoms with van der Waals surface area (Å²) in [5.74, 6) is 0. The lowest BCUT2D eigenvalue weighted by Crippen LogP contribution is -2.24. The van der Waals surface area contributed by atoms with Crippen LogP contribution in [-0.2, 0) is 0 Å². The maximum Gasteiger partial charge on any atom is 0.0606 e. The number of allylic oxidation sites excluding steroid dienone is 3. The normalized spacial score (nSPS) is 19.8. The predicted molar refractivity (Wildman–Crippen MR) is 55.3 cm³/mol. The Morgan fingerprint density at radius 2 is 2.23 bits per heavy atom. The Morgan fingerprint density at radius 1 is 1.54 bits per heavy atom. The Balaban J connectivity index is 2.68. The van der Waals surface area contributed by atoms with Gasteiger partial charge in [-0.15, -0.1) is 0 Å². The van der Waals surface area contributed by atoms with Crippen LogP contribution in [0.3, 0.4) is 0 Å². The molecular formula is C11H19NO. The van der Waals surface area contributed by atoms with Crippen molar-refractivity contribution < 1.29 is 5.11 Å². The molecule has 0 aromatic rings. The molecule has 0 heterocycles. The summed E-state index contributed by atoms with van der Waals surface area (Å²) in [4.78, 5) is 2.08. The lowest BCUT2D eigenvalue weighted by molar-refractivity contribution is 0.246. The second-order valence-corrected chi connectivity index (χ2v) is 4.31. The van der Waals surface area contributed by atoms with Crippen LogP contribution in [0, 0.1) is 5.41 Å². The highest BCUT2D eigenvalue weighted by Gasteiger charge is 2.18. The lowest BCUT2D eigenvalue weighted by Gasteiger charge is -2.28. The number of aliphatic hydroxyl groups excluding tert-OH is 1. The van der Waals surface area contributed by atoms with Crippen LogP contribution >= 0.6 is 0 Å². The van der Waals surface area contributed by atoms with Crippen LogP contribution in [-0.4, -0.2) is 30.2 Å². The molecule has 0 aliphatic heterocycles. The highest BCUT2D eigenvalue weighted by atomic mass is 16.3. The molecule has 13 heavy (non-hydrogen) atoms. The zero-order valence-corrected chi connectivity index (χ0v) is 8.75. The molecule has 0 unspecified atom stereocenters. The van der Waals surface area contributed by atoms with Crippen molar-refractivity contribution in [1.82, 2.24) is 4.90 Å². The molecular weight excluding hydrogens is 162 g/mol. The van der Waals surface area contributed by atoms with Gasteiger partial charge in [0.2, 0.25) is 0 Å². The van der Waals surface area contributed by atoms with Crippen LogP contribution in [0.25, 0.3) is 0 Å². The Morgan fingerprint density at radius 3 is 2.77 bits per heavy atom. The monoisotopic (exact) mass is 181 g/mol. The number of nitrogens with zero attached hydrogens (tertiary/aromatic N) is 1. The SMILES string of the molecule is CN(CCO)C1=CC(C)(C)CC=C1. The number of hydrogen-bond acceptors (Lipinski definition) is 2. The molecule has 0 aromatic carbocycles. The van der Waals surface area contributed by atoms with E-state index in [1.54, 1.807) is 0 Å². The maximum absolute atomic E-state index is 8.80. The van der Waals surface area contributed by atoms with E-state index in [9.17, 15) is 0 Å². The van der Waals surface area contributed by atoms with Crippen LogP contribution < -0.4 is 0 Å². The molecule has 0 amide bonds. The van der Waals surface area contributed by atoms with Gasteiger partial charge >= 0.3 is 0 Å². The van der Waals surface area contributed by atoms with Gasteiger partial charge in [0, 0.05) is 19.3 Å². The molecule has 0 spiro atoms. The molecule has 1 rings (SSSR count). The predicted octanol–water partition coefficient (Wildman–Crippen LogP) is 1.78. The number of rotatable bonds is 3. The van der Waals surface area contributed by atoms with Crippen LogP contribution in [0.4, 0.5) is 0 Å². The van der Waals surface area contributed by atoms with Crippen molar-refractivity contribution in [3.63, 3.8) is 0 Å². The zero-order chi connectivity index (χ0) is 9.90. The van der Waals surface area contributed by atoms with E-state index in [2.05, 4.69) is 37.0 Å². The van der Waals surface area contributed by atoms with Gasteiger partial charge in [-0.05, 0) is 17.9 Å². The smallest absolute Gasteiger partial charge is 0.0606 e. The van der Waals surface area contributed by atoms with Gasteiger partial charge in [-0.1, -0.05) is 26.0 Å². The highest BCUT2D eigenvalue weighted by molar-refractivity contribution is 5.24. The van der Waals surface area contributed by atoms with Gasteiger partial charge in [-0.25, -0.2) is 0 Å². The summed E-state index contributed by atoms with van der Waals surface area (Å²) >= 11 is 0. The van der Waals surface area contributed by atoms with Crippen LogP contribution in [0.15, 0.2) is 23.9 Å². The van der Waals surface area contributed by atoms with E-state index in [1.165, 1.54) is 5.70 Å². The summed E-state index contributed by atoms with van der Waals surface area (Å²) in [7, 11) is 2.01. The van der Waals surface area contributed by atoms with Crippen molar-refractivity contribution >= 4 is 0 Å². The quantitative estimate of drug-likeness (QED) is 0.717. The Hall–Kier alpha value is -0.760. The van der Waals surface area contributed by atoms with Crippen LogP contribution in [0.5, 0.6) is 0 Å². The van der Waals surface area contributed by atoms with E-state index < -0.39 is 0 Å². The van der Waals surface area contributed by atoms with E-state index in [1.807, 2.05) is 7.05 Å². The summed E-state index contributed by atoms with van der Waals surface area (Å²) in [5.41, 5.74) is 1.47. The molecule has 0 fully saturated rings. The largest absolute Gasteiger partial charge is 0.395 e. The standard InChI is InChI=1S/C11H19NO/c1-11(2)6-4-5-10(9-11)12(3)7-8-13/h4-5,9,13H,6-8H2,1-3H3. The molecule has 1 aliphatic carbocycles. The molecule has 2 nitrogen and oxygen atoms in total. The first-order chi connectivity index (χ1) is 6.05. The minimum Gasteiger partial charge on any atom is -0.395 e. The first-order valence-corrected chi connectivity index (χ1v) is 4.76. The average Bonchev–Trinajstić information content (AvgIpc) is 2.03. The Bertz CT molecular complexity index is 228. The molecule has 0 saturated carbocycles. The summed E-state index contributed by atoms with van der Waals surface area (Å²) < 4.78 is 0. The third-order valence-electron chi connectivity index (χ3n) is 2.35. The van der Waals surface area contributed by atoms with Crippen molar-refractivity contribution in [1.29, 1.82) is 0 Å². The van der Waals surface area contributed by atoms with Gasteiger partial charge in [0.1, 0.15) is 0 Å². The van der Waals surface area contributed by atoms with E-state index in [0.717, 1.165) is 6.42 Å². The van der Waals surface area contributed by atoms with Crippen molar-refractivity contribution in [2.45, 2.75) is 20.3 Å². The first kappa shape index (κ1) is 10.3. The minimum atomic E-state index is 0.210.